The Labute approximate surface area is 190 Å². The lowest BCUT2D eigenvalue weighted by Crippen LogP contribution is -2.69. The van der Waals surface area contributed by atoms with Crippen molar-refractivity contribution in [2.75, 3.05) is 37.6 Å². The van der Waals surface area contributed by atoms with Crippen LogP contribution in [0, 0.1) is 19.8 Å². The van der Waals surface area contributed by atoms with Crippen molar-refractivity contribution >= 4 is 17.5 Å². The number of piperidine rings is 1. The van der Waals surface area contributed by atoms with Gasteiger partial charge in [0.2, 0.25) is 5.91 Å². The number of carbonyl (C=O) groups excluding carboxylic acids is 2. The van der Waals surface area contributed by atoms with Gasteiger partial charge in [-0.05, 0) is 56.9 Å². The lowest BCUT2D eigenvalue weighted by atomic mass is 9.81. The summed E-state index contributed by atoms with van der Waals surface area (Å²) in [6.07, 6.45) is 4.71. The first-order chi connectivity index (χ1) is 15.3. The largest absolute Gasteiger partial charge is 0.338 e. The molecule has 2 aromatic heterocycles. The molecular weight excluding hydrogens is 402 g/mol. The standard InChI is InChI=1S/C25H33N5O2/c1-18(2)17-29-13-14-30(22-8-6-20(4)27-16-22)24(32)25(29)9-11-28(12-10-25)23(31)21-7-5-19(3)26-15-21/h5-8,15-16,18H,9-14,17H2,1-4H3. The van der Waals surface area contributed by atoms with E-state index in [0.29, 0.717) is 44.0 Å². The summed E-state index contributed by atoms with van der Waals surface area (Å²) >= 11 is 0. The third kappa shape index (κ3) is 4.26. The van der Waals surface area contributed by atoms with Crippen molar-refractivity contribution in [3.05, 3.63) is 53.6 Å². The van der Waals surface area contributed by atoms with Crippen molar-refractivity contribution in [2.24, 2.45) is 5.92 Å². The molecule has 2 aromatic rings. The molecule has 2 fully saturated rings. The topological polar surface area (TPSA) is 69.6 Å². The zero-order valence-electron chi connectivity index (χ0n) is 19.5. The fourth-order valence-electron chi connectivity index (χ4n) is 4.88. The van der Waals surface area contributed by atoms with E-state index in [2.05, 4.69) is 28.7 Å². The molecule has 7 nitrogen and oxygen atoms in total. The highest BCUT2D eigenvalue weighted by atomic mass is 16.2. The number of carbonyl (C=O) groups is 2. The molecule has 0 saturated carbocycles. The summed E-state index contributed by atoms with van der Waals surface area (Å²) in [6, 6.07) is 7.63. The fraction of sp³-hybridized carbons (Fsp3) is 0.520. The predicted octanol–water partition coefficient (Wildman–Crippen LogP) is 3.07. The molecule has 32 heavy (non-hydrogen) atoms. The minimum Gasteiger partial charge on any atom is -0.338 e. The fourth-order valence-corrected chi connectivity index (χ4v) is 4.88. The number of likely N-dealkylation sites (tertiary alicyclic amines) is 1. The average molecular weight is 436 g/mol. The first-order valence-electron chi connectivity index (χ1n) is 11.5. The zero-order chi connectivity index (χ0) is 22.9. The van der Waals surface area contributed by atoms with Crippen LogP contribution in [-0.4, -0.2) is 69.8 Å². The quantitative estimate of drug-likeness (QED) is 0.738. The van der Waals surface area contributed by atoms with Gasteiger partial charge < -0.3 is 9.80 Å². The predicted molar refractivity (Wildman–Crippen MR) is 125 cm³/mol. The minimum atomic E-state index is -0.574. The normalized spacial score (nSPS) is 19.1. The average Bonchev–Trinajstić information content (AvgIpc) is 2.78. The van der Waals surface area contributed by atoms with Gasteiger partial charge in [0.25, 0.3) is 5.91 Å². The Morgan fingerprint density at radius 2 is 1.62 bits per heavy atom. The highest BCUT2D eigenvalue weighted by Crippen LogP contribution is 2.36. The monoisotopic (exact) mass is 435 g/mol. The summed E-state index contributed by atoms with van der Waals surface area (Å²) in [5.74, 6) is 0.593. The second kappa shape index (κ2) is 8.98. The molecule has 0 radical (unpaired) electrons. The molecular formula is C25H33N5O2. The molecule has 0 aliphatic carbocycles. The molecule has 2 amide bonds. The van der Waals surface area contributed by atoms with E-state index in [-0.39, 0.29) is 11.8 Å². The molecule has 0 bridgehead atoms. The molecule has 2 aliphatic heterocycles. The second-order valence-corrected chi connectivity index (χ2v) is 9.47. The summed E-state index contributed by atoms with van der Waals surface area (Å²) in [7, 11) is 0. The van der Waals surface area contributed by atoms with E-state index in [4.69, 9.17) is 0 Å². The molecule has 4 heterocycles. The van der Waals surface area contributed by atoms with E-state index in [1.807, 2.05) is 47.9 Å². The molecule has 1 spiro atoms. The minimum absolute atomic E-state index is 0.00870. The van der Waals surface area contributed by atoms with Gasteiger partial charge in [0.05, 0.1) is 17.4 Å². The van der Waals surface area contributed by atoms with Crippen LogP contribution in [0.1, 0.15) is 48.4 Å². The Bertz CT molecular complexity index is 963. The number of anilines is 1. The maximum atomic E-state index is 13.9. The van der Waals surface area contributed by atoms with Gasteiger partial charge in [-0.15, -0.1) is 0 Å². The van der Waals surface area contributed by atoms with Crippen LogP contribution in [-0.2, 0) is 4.79 Å². The number of rotatable bonds is 4. The lowest BCUT2D eigenvalue weighted by Gasteiger charge is -2.53. The zero-order valence-corrected chi connectivity index (χ0v) is 19.5. The van der Waals surface area contributed by atoms with E-state index in [0.717, 1.165) is 30.2 Å². The molecule has 0 unspecified atom stereocenters. The molecule has 170 valence electrons. The summed E-state index contributed by atoms with van der Waals surface area (Å²) in [6.45, 7) is 11.7. The highest BCUT2D eigenvalue weighted by molar-refractivity contribution is 6.01. The van der Waals surface area contributed by atoms with Crippen LogP contribution in [0.5, 0.6) is 0 Å². The van der Waals surface area contributed by atoms with Crippen molar-refractivity contribution in [3.8, 4) is 0 Å². The van der Waals surface area contributed by atoms with Crippen LogP contribution >= 0.6 is 0 Å². The summed E-state index contributed by atoms with van der Waals surface area (Å²) in [5, 5.41) is 0. The summed E-state index contributed by atoms with van der Waals surface area (Å²) < 4.78 is 0. The number of pyridine rings is 2. The maximum absolute atomic E-state index is 13.9. The van der Waals surface area contributed by atoms with Gasteiger partial charge in [0.1, 0.15) is 5.54 Å². The van der Waals surface area contributed by atoms with E-state index in [9.17, 15) is 9.59 Å². The third-order valence-corrected chi connectivity index (χ3v) is 6.67. The summed E-state index contributed by atoms with van der Waals surface area (Å²) in [4.78, 5) is 41.7. The second-order valence-electron chi connectivity index (χ2n) is 9.47. The SMILES string of the molecule is Cc1ccc(C(=O)N2CCC3(CC2)C(=O)N(c2ccc(C)nc2)CCN3CC(C)C)cn1. The molecule has 2 saturated heterocycles. The van der Waals surface area contributed by atoms with Crippen molar-refractivity contribution in [3.63, 3.8) is 0 Å². The Kier molecular flexibility index (Phi) is 6.29. The smallest absolute Gasteiger partial charge is 0.255 e. The molecule has 4 rings (SSSR count). The van der Waals surface area contributed by atoms with Crippen LogP contribution in [0.15, 0.2) is 36.7 Å². The van der Waals surface area contributed by atoms with Gasteiger partial charge in [-0.2, -0.15) is 0 Å². The van der Waals surface area contributed by atoms with Crippen molar-refractivity contribution < 1.29 is 9.59 Å². The summed E-state index contributed by atoms with van der Waals surface area (Å²) in [5.41, 5.74) is 2.71. The van der Waals surface area contributed by atoms with E-state index < -0.39 is 5.54 Å². The lowest BCUT2D eigenvalue weighted by molar-refractivity contribution is -0.138. The number of aromatic nitrogens is 2. The number of hydrogen-bond donors (Lipinski definition) is 0. The molecule has 2 aliphatic rings. The van der Waals surface area contributed by atoms with E-state index >= 15 is 0 Å². The molecule has 0 N–H and O–H groups in total. The van der Waals surface area contributed by atoms with Gasteiger partial charge in [0.15, 0.2) is 0 Å². The number of hydrogen-bond acceptors (Lipinski definition) is 5. The van der Waals surface area contributed by atoms with Gasteiger partial charge in [-0.25, -0.2) is 0 Å². The van der Waals surface area contributed by atoms with Gasteiger partial charge in [-0.3, -0.25) is 24.5 Å². The Morgan fingerprint density at radius 1 is 0.969 bits per heavy atom. The van der Waals surface area contributed by atoms with Crippen molar-refractivity contribution in [2.45, 2.75) is 46.1 Å². The Morgan fingerprint density at radius 3 is 2.19 bits per heavy atom. The van der Waals surface area contributed by atoms with Crippen LogP contribution < -0.4 is 4.90 Å². The van der Waals surface area contributed by atoms with Crippen LogP contribution in [0.25, 0.3) is 0 Å². The van der Waals surface area contributed by atoms with Crippen LogP contribution in [0.2, 0.25) is 0 Å². The van der Waals surface area contributed by atoms with Crippen molar-refractivity contribution in [1.29, 1.82) is 0 Å². The maximum Gasteiger partial charge on any atom is 0.255 e. The van der Waals surface area contributed by atoms with Gasteiger partial charge >= 0.3 is 0 Å². The first kappa shape index (κ1) is 22.4. The first-order valence-corrected chi connectivity index (χ1v) is 11.5. The highest BCUT2D eigenvalue weighted by Gasteiger charge is 2.51. The Hall–Kier alpha value is -2.80. The third-order valence-electron chi connectivity index (χ3n) is 6.67. The number of aryl methyl sites for hydroxylation is 2. The number of piperazine rings is 1. The van der Waals surface area contributed by atoms with E-state index in [1.165, 1.54) is 0 Å². The van der Waals surface area contributed by atoms with Gasteiger partial charge in [-0.1, -0.05) is 13.8 Å². The van der Waals surface area contributed by atoms with Crippen LogP contribution in [0.3, 0.4) is 0 Å². The van der Waals surface area contributed by atoms with Gasteiger partial charge in [0, 0.05) is 50.3 Å². The van der Waals surface area contributed by atoms with E-state index in [1.54, 1.807) is 12.4 Å². The molecule has 0 aromatic carbocycles. The number of nitrogens with zero attached hydrogens (tertiary/aromatic N) is 5. The van der Waals surface area contributed by atoms with Crippen LogP contribution in [0.4, 0.5) is 5.69 Å². The Balaban J connectivity index is 1.56. The molecule has 0 atom stereocenters. The van der Waals surface area contributed by atoms with Crippen molar-refractivity contribution in [1.82, 2.24) is 19.8 Å². The number of amides is 2. The molecule has 7 heteroatoms.